The van der Waals surface area contributed by atoms with Crippen LogP contribution >= 0.6 is 0 Å². The zero-order chi connectivity index (χ0) is 14.3. The maximum Gasteiger partial charge on any atom is 0.329 e. The van der Waals surface area contributed by atoms with Gasteiger partial charge in [-0.1, -0.05) is 6.07 Å². The molecular weight excluding hydrogens is 255 g/mol. The second kappa shape index (κ2) is 7.32. The van der Waals surface area contributed by atoms with Crippen molar-refractivity contribution in [2.45, 2.75) is 6.92 Å². The van der Waals surface area contributed by atoms with Gasteiger partial charge in [0.05, 0.1) is 6.61 Å². The Labute approximate surface area is 109 Å². The normalized spacial score (nSPS) is 10.0. The summed E-state index contributed by atoms with van der Waals surface area (Å²) in [7, 11) is 0. The van der Waals surface area contributed by atoms with Crippen molar-refractivity contribution in [3.8, 4) is 0 Å². The van der Waals surface area contributed by atoms with E-state index in [1.165, 1.54) is 6.07 Å². The van der Waals surface area contributed by atoms with Crippen LogP contribution in [-0.4, -0.2) is 36.9 Å². The number of carboxylic acids is 1. The van der Waals surface area contributed by atoms with Crippen LogP contribution in [0.5, 0.6) is 0 Å². The number of aliphatic carboxylic acids is 1. The number of nitrogens with one attached hydrogen (secondary N) is 2. The molecule has 0 bridgehead atoms. The molecule has 0 saturated carbocycles. The first kappa shape index (κ1) is 14.9. The summed E-state index contributed by atoms with van der Waals surface area (Å²) in [5.74, 6) is -1.47. The first-order valence-corrected chi connectivity index (χ1v) is 5.59. The maximum absolute atomic E-state index is 13.2. The highest BCUT2D eigenvalue weighted by Crippen LogP contribution is 2.13. The van der Waals surface area contributed by atoms with E-state index in [9.17, 15) is 14.0 Å². The molecule has 0 aromatic heterocycles. The van der Waals surface area contributed by atoms with Gasteiger partial charge < -0.3 is 20.5 Å². The highest BCUT2D eigenvalue weighted by atomic mass is 19.1. The Morgan fingerprint density at radius 3 is 2.79 bits per heavy atom. The standard InChI is InChI=1S/C12H15FN2O4/c1-8-2-3-9(6-10(8)13)15-12(18)14-4-5-19-7-11(16)17/h2-3,6H,4-5,7H2,1H3,(H,16,17)(H2,14,15,18). The molecule has 3 N–H and O–H groups in total. The van der Waals surface area contributed by atoms with Gasteiger partial charge in [-0.3, -0.25) is 0 Å². The minimum absolute atomic E-state index is 0.0853. The highest BCUT2D eigenvalue weighted by molar-refractivity contribution is 5.89. The highest BCUT2D eigenvalue weighted by Gasteiger charge is 2.04. The molecule has 19 heavy (non-hydrogen) atoms. The third-order valence-corrected chi connectivity index (χ3v) is 2.19. The lowest BCUT2D eigenvalue weighted by Gasteiger charge is -2.08. The van der Waals surface area contributed by atoms with Crippen molar-refractivity contribution in [3.05, 3.63) is 29.6 Å². The van der Waals surface area contributed by atoms with Gasteiger partial charge in [0.2, 0.25) is 0 Å². The zero-order valence-corrected chi connectivity index (χ0v) is 10.4. The van der Waals surface area contributed by atoms with Gasteiger partial charge in [-0.25, -0.2) is 14.0 Å². The predicted octanol–water partition coefficient (Wildman–Crippen LogP) is 1.36. The number of benzene rings is 1. The van der Waals surface area contributed by atoms with Gasteiger partial charge in [-0.15, -0.1) is 0 Å². The van der Waals surface area contributed by atoms with Crippen LogP contribution in [0.3, 0.4) is 0 Å². The number of carboxylic acid groups (broad SMARTS) is 1. The van der Waals surface area contributed by atoms with Gasteiger partial charge >= 0.3 is 12.0 Å². The van der Waals surface area contributed by atoms with Gasteiger partial charge in [-0.2, -0.15) is 0 Å². The summed E-state index contributed by atoms with van der Waals surface area (Å²) < 4.78 is 17.9. The second-order valence-electron chi connectivity index (χ2n) is 3.79. The number of aryl methyl sites for hydroxylation is 1. The van der Waals surface area contributed by atoms with Crippen molar-refractivity contribution >= 4 is 17.7 Å². The van der Waals surface area contributed by atoms with Crippen LogP contribution in [0.1, 0.15) is 5.56 Å². The van der Waals surface area contributed by atoms with Crippen molar-refractivity contribution < 1.29 is 23.8 Å². The quantitative estimate of drug-likeness (QED) is 0.681. The lowest BCUT2D eigenvalue weighted by Crippen LogP contribution is -2.32. The average molecular weight is 270 g/mol. The molecule has 0 aliphatic carbocycles. The fourth-order valence-electron chi connectivity index (χ4n) is 1.24. The molecule has 0 saturated heterocycles. The molecule has 2 amide bonds. The Morgan fingerprint density at radius 2 is 2.16 bits per heavy atom. The van der Waals surface area contributed by atoms with E-state index in [4.69, 9.17) is 9.84 Å². The van der Waals surface area contributed by atoms with E-state index in [0.717, 1.165) is 0 Å². The predicted molar refractivity (Wildman–Crippen MR) is 66.6 cm³/mol. The smallest absolute Gasteiger partial charge is 0.329 e. The van der Waals surface area contributed by atoms with Crippen molar-refractivity contribution in [1.82, 2.24) is 5.32 Å². The molecular formula is C12H15FN2O4. The van der Waals surface area contributed by atoms with Crippen molar-refractivity contribution in [3.63, 3.8) is 0 Å². The third kappa shape index (κ3) is 5.82. The molecule has 7 heteroatoms. The van der Waals surface area contributed by atoms with E-state index in [1.54, 1.807) is 19.1 Å². The zero-order valence-electron chi connectivity index (χ0n) is 10.4. The largest absolute Gasteiger partial charge is 0.480 e. The molecule has 0 heterocycles. The van der Waals surface area contributed by atoms with Crippen LogP contribution in [0.15, 0.2) is 18.2 Å². The van der Waals surface area contributed by atoms with Gasteiger partial charge in [0, 0.05) is 12.2 Å². The van der Waals surface area contributed by atoms with E-state index in [-0.39, 0.29) is 13.2 Å². The van der Waals surface area contributed by atoms with E-state index in [2.05, 4.69) is 10.6 Å². The van der Waals surface area contributed by atoms with Crippen LogP contribution < -0.4 is 10.6 Å². The molecule has 1 aromatic rings. The number of anilines is 1. The summed E-state index contributed by atoms with van der Waals surface area (Å²) in [6.07, 6.45) is 0. The minimum atomic E-state index is -1.07. The molecule has 1 aromatic carbocycles. The molecule has 1 rings (SSSR count). The summed E-state index contributed by atoms with van der Waals surface area (Å²) in [4.78, 5) is 21.5. The number of halogens is 1. The second-order valence-corrected chi connectivity index (χ2v) is 3.79. The van der Waals surface area contributed by atoms with Gasteiger partial charge in [0.1, 0.15) is 12.4 Å². The van der Waals surface area contributed by atoms with Gasteiger partial charge in [0.15, 0.2) is 0 Å². The lowest BCUT2D eigenvalue weighted by molar-refractivity contribution is -0.142. The van der Waals surface area contributed by atoms with E-state index < -0.39 is 24.4 Å². The molecule has 0 aliphatic rings. The van der Waals surface area contributed by atoms with Crippen LogP contribution in [0, 0.1) is 12.7 Å². The summed E-state index contributed by atoms with van der Waals surface area (Å²) in [6, 6.07) is 3.84. The summed E-state index contributed by atoms with van der Waals surface area (Å²) >= 11 is 0. The fourth-order valence-corrected chi connectivity index (χ4v) is 1.24. The maximum atomic E-state index is 13.2. The van der Waals surface area contributed by atoms with Crippen molar-refractivity contribution in [2.75, 3.05) is 25.1 Å². The summed E-state index contributed by atoms with van der Waals surface area (Å²) in [6.45, 7) is 1.46. The number of carbonyl (C=O) groups is 2. The summed E-state index contributed by atoms with van der Waals surface area (Å²) in [5, 5.41) is 13.2. The first-order chi connectivity index (χ1) is 8.99. The van der Waals surface area contributed by atoms with E-state index in [0.29, 0.717) is 11.3 Å². The third-order valence-electron chi connectivity index (χ3n) is 2.19. The van der Waals surface area contributed by atoms with Gasteiger partial charge in [-0.05, 0) is 24.6 Å². The fraction of sp³-hybridized carbons (Fsp3) is 0.333. The van der Waals surface area contributed by atoms with Crippen LogP contribution in [0.25, 0.3) is 0 Å². The Morgan fingerprint density at radius 1 is 1.42 bits per heavy atom. The van der Waals surface area contributed by atoms with Crippen molar-refractivity contribution in [2.24, 2.45) is 0 Å². The number of rotatable bonds is 6. The monoisotopic (exact) mass is 270 g/mol. The number of carbonyl (C=O) groups excluding carboxylic acids is 1. The topological polar surface area (TPSA) is 87.7 Å². The Kier molecular flexibility index (Phi) is 5.74. The van der Waals surface area contributed by atoms with Crippen LogP contribution in [-0.2, 0) is 9.53 Å². The SMILES string of the molecule is Cc1ccc(NC(=O)NCCOCC(=O)O)cc1F. The Bertz CT molecular complexity index is 465. The first-order valence-electron chi connectivity index (χ1n) is 5.59. The van der Waals surface area contributed by atoms with Crippen LogP contribution in [0.2, 0.25) is 0 Å². The molecule has 0 atom stereocenters. The molecule has 0 aliphatic heterocycles. The van der Waals surface area contributed by atoms with Crippen LogP contribution in [0.4, 0.5) is 14.9 Å². The lowest BCUT2D eigenvalue weighted by atomic mass is 10.2. The Hall–Kier alpha value is -2.15. The molecule has 0 fully saturated rings. The number of hydrogen-bond donors (Lipinski definition) is 3. The number of ether oxygens (including phenoxy) is 1. The molecule has 0 spiro atoms. The van der Waals surface area contributed by atoms with E-state index in [1.807, 2.05) is 0 Å². The van der Waals surface area contributed by atoms with E-state index >= 15 is 0 Å². The molecule has 6 nitrogen and oxygen atoms in total. The number of amides is 2. The number of hydrogen-bond acceptors (Lipinski definition) is 3. The molecule has 0 radical (unpaired) electrons. The van der Waals surface area contributed by atoms with Gasteiger partial charge in [0.25, 0.3) is 0 Å². The summed E-state index contributed by atoms with van der Waals surface area (Å²) in [5.41, 5.74) is 0.833. The molecule has 104 valence electrons. The van der Waals surface area contributed by atoms with Crippen molar-refractivity contribution in [1.29, 1.82) is 0 Å². The average Bonchev–Trinajstić information content (AvgIpc) is 2.33. The Balaban J connectivity index is 2.27. The molecule has 0 unspecified atom stereocenters. The number of urea groups is 1. The minimum Gasteiger partial charge on any atom is -0.480 e.